The molecule has 3 aromatic rings. The number of methoxy groups -OCH3 is 1. The average molecular weight is 427 g/mol. The summed E-state index contributed by atoms with van der Waals surface area (Å²) in [5.74, 6) is -0.300. The lowest BCUT2D eigenvalue weighted by Crippen LogP contribution is -2.23. The number of anilines is 1. The SMILES string of the molecule is COc1ncc(C(=O)NCc2ccc(NC(=O)OCc3ccc(Cl)cc3)cc2)cn1. The minimum Gasteiger partial charge on any atom is -0.467 e. The first-order valence-corrected chi connectivity index (χ1v) is 9.32. The van der Waals surface area contributed by atoms with Gasteiger partial charge in [0.25, 0.3) is 5.91 Å². The number of benzene rings is 2. The van der Waals surface area contributed by atoms with Crippen molar-refractivity contribution in [2.24, 2.45) is 0 Å². The lowest BCUT2D eigenvalue weighted by Gasteiger charge is -2.09. The Morgan fingerprint density at radius 3 is 2.23 bits per heavy atom. The summed E-state index contributed by atoms with van der Waals surface area (Å²) in [4.78, 5) is 31.8. The summed E-state index contributed by atoms with van der Waals surface area (Å²) >= 11 is 5.82. The first-order valence-electron chi connectivity index (χ1n) is 8.95. The fraction of sp³-hybridized carbons (Fsp3) is 0.143. The van der Waals surface area contributed by atoms with Crippen molar-refractivity contribution in [3.63, 3.8) is 0 Å². The predicted octanol–water partition coefficient (Wildman–Crippen LogP) is 3.82. The Kier molecular flexibility index (Phi) is 7.18. The van der Waals surface area contributed by atoms with Crippen LogP contribution in [0.25, 0.3) is 0 Å². The van der Waals surface area contributed by atoms with E-state index in [0.717, 1.165) is 11.1 Å². The minimum absolute atomic E-state index is 0.141. The number of nitrogens with one attached hydrogen (secondary N) is 2. The van der Waals surface area contributed by atoms with Crippen molar-refractivity contribution in [1.82, 2.24) is 15.3 Å². The lowest BCUT2D eigenvalue weighted by atomic mass is 10.2. The first kappa shape index (κ1) is 21.1. The monoisotopic (exact) mass is 426 g/mol. The molecule has 0 spiro atoms. The third-order valence-corrected chi connectivity index (χ3v) is 4.26. The van der Waals surface area contributed by atoms with Crippen molar-refractivity contribution in [1.29, 1.82) is 0 Å². The van der Waals surface area contributed by atoms with E-state index in [-0.39, 0.29) is 18.5 Å². The van der Waals surface area contributed by atoms with Crippen LogP contribution in [-0.4, -0.2) is 29.1 Å². The van der Waals surface area contributed by atoms with Crippen molar-refractivity contribution in [3.05, 3.63) is 82.6 Å². The van der Waals surface area contributed by atoms with Crippen LogP contribution in [0, 0.1) is 0 Å². The van der Waals surface area contributed by atoms with Crippen molar-refractivity contribution in [3.8, 4) is 6.01 Å². The number of carbonyl (C=O) groups is 2. The summed E-state index contributed by atoms with van der Waals surface area (Å²) in [6, 6.07) is 14.3. The van der Waals surface area contributed by atoms with Gasteiger partial charge in [-0.25, -0.2) is 14.8 Å². The Balaban J connectivity index is 1.45. The molecule has 0 fully saturated rings. The van der Waals surface area contributed by atoms with Crippen LogP contribution in [0.15, 0.2) is 60.9 Å². The van der Waals surface area contributed by atoms with E-state index in [2.05, 4.69) is 20.6 Å². The van der Waals surface area contributed by atoms with E-state index in [4.69, 9.17) is 21.1 Å². The molecule has 154 valence electrons. The van der Waals surface area contributed by atoms with Gasteiger partial charge in [0.05, 0.1) is 12.7 Å². The van der Waals surface area contributed by atoms with Crippen LogP contribution in [0.2, 0.25) is 5.02 Å². The van der Waals surface area contributed by atoms with Crippen molar-refractivity contribution in [2.45, 2.75) is 13.2 Å². The van der Waals surface area contributed by atoms with Gasteiger partial charge in [-0.3, -0.25) is 10.1 Å². The fourth-order valence-corrected chi connectivity index (χ4v) is 2.54. The Labute approximate surface area is 178 Å². The third-order valence-electron chi connectivity index (χ3n) is 4.01. The highest BCUT2D eigenvalue weighted by Gasteiger charge is 2.08. The molecule has 0 aliphatic heterocycles. The molecule has 2 aromatic carbocycles. The summed E-state index contributed by atoms with van der Waals surface area (Å²) in [5.41, 5.74) is 2.60. The highest BCUT2D eigenvalue weighted by atomic mass is 35.5. The van der Waals surface area contributed by atoms with Crippen LogP contribution < -0.4 is 15.4 Å². The highest BCUT2D eigenvalue weighted by Crippen LogP contribution is 2.13. The van der Waals surface area contributed by atoms with Gasteiger partial charge in [-0.15, -0.1) is 0 Å². The lowest BCUT2D eigenvalue weighted by molar-refractivity contribution is 0.0950. The number of aromatic nitrogens is 2. The number of hydrogen-bond acceptors (Lipinski definition) is 6. The van der Waals surface area contributed by atoms with Crippen LogP contribution in [0.4, 0.5) is 10.5 Å². The number of rotatable bonds is 7. The molecule has 3 rings (SSSR count). The summed E-state index contributed by atoms with van der Waals surface area (Å²) in [5, 5.41) is 6.05. The molecule has 0 unspecified atom stereocenters. The van der Waals surface area contributed by atoms with Gasteiger partial charge in [0.15, 0.2) is 0 Å². The van der Waals surface area contributed by atoms with E-state index in [1.54, 1.807) is 48.5 Å². The first-order chi connectivity index (χ1) is 14.5. The Bertz CT molecular complexity index is 993. The van der Waals surface area contributed by atoms with Crippen molar-refractivity contribution < 1.29 is 19.1 Å². The molecule has 1 aromatic heterocycles. The van der Waals surface area contributed by atoms with Gasteiger partial charge in [0.1, 0.15) is 6.61 Å². The second kappa shape index (κ2) is 10.2. The molecule has 30 heavy (non-hydrogen) atoms. The summed E-state index contributed by atoms with van der Waals surface area (Å²) in [6.07, 6.45) is 2.22. The van der Waals surface area contributed by atoms with Gasteiger partial charge < -0.3 is 14.8 Å². The van der Waals surface area contributed by atoms with Gasteiger partial charge in [0.2, 0.25) is 0 Å². The van der Waals surface area contributed by atoms with Crippen LogP contribution in [-0.2, 0) is 17.9 Å². The number of ether oxygens (including phenoxy) is 2. The fourth-order valence-electron chi connectivity index (χ4n) is 2.41. The van der Waals surface area contributed by atoms with E-state index < -0.39 is 6.09 Å². The van der Waals surface area contributed by atoms with Crippen molar-refractivity contribution in [2.75, 3.05) is 12.4 Å². The van der Waals surface area contributed by atoms with E-state index in [1.165, 1.54) is 19.5 Å². The Morgan fingerprint density at radius 1 is 0.967 bits per heavy atom. The van der Waals surface area contributed by atoms with Crippen LogP contribution in [0.3, 0.4) is 0 Å². The second-order valence-corrected chi connectivity index (χ2v) is 6.60. The topological polar surface area (TPSA) is 102 Å². The summed E-state index contributed by atoms with van der Waals surface area (Å²) in [7, 11) is 1.45. The highest BCUT2D eigenvalue weighted by molar-refractivity contribution is 6.30. The maximum Gasteiger partial charge on any atom is 0.411 e. The van der Waals surface area contributed by atoms with Crippen LogP contribution in [0.1, 0.15) is 21.5 Å². The van der Waals surface area contributed by atoms with Gasteiger partial charge in [-0.1, -0.05) is 35.9 Å². The standard InChI is InChI=1S/C21H19ClN4O4/c1-29-20-24-11-16(12-25-20)19(27)23-10-14-4-8-18(9-5-14)26-21(28)30-13-15-2-6-17(22)7-3-15/h2-9,11-12H,10,13H2,1H3,(H,23,27)(H,26,28). The van der Waals surface area contributed by atoms with E-state index in [9.17, 15) is 9.59 Å². The van der Waals surface area contributed by atoms with E-state index in [1.807, 2.05) is 0 Å². The number of halogens is 1. The number of nitrogens with zero attached hydrogens (tertiary/aromatic N) is 2. The van der Waals surface area contributed by atoms with Gasteiger partial charge in [-0.2, -0.15) is 0 Å². The van der Waals surface area contributed by atoms with E-state index >= 15 is 0 Å². The molecule has 0 atom stereocenters. The van der Waals surface area contributed by atoms with E-state index in [0.29, 0.717) is 22.8 Å². The predicted molar refractivity (Wildman–Crippen MR) is 111 cm³/mol. The quantitative estimate of drug-likeness (QED) is 0.595. The molecule has 2 N–H and O–H groups in total. The summed E-state index contributed by atoms with van der Waals surface area (Å²) in [6.45, 7) is 0.453. The molecular weight excluding hydrogens is 408 g/mol. The molecular formula is C21H19ClN4O4. The smallest absolute Gasteiger partial charge is 0.411 e. The normalized spacial score (nSPS) is 10.2. The maximum atomic E-state index is 12.1. The molecule has 0 bridgehead atoms. The minimum atomic E-state index is -0.564. The molecule has 0 saturated heterocycles. The van der Waals surface area contributed by atoms with Gasteiger partial charge in [0, 0.05) is 29.6 Å². The largest absolute Gasteiger partial charge is 0.467 e. The number of hydrogen-bond donors (Lipinski definition) is 2. The van der Waals surface area contributed by atoms with Gasteiger partial charge >= 0.3 is 12.1 Å². The third kappa shape index (κ3) is 6.18. The molecule has 8 nitrogen and oxygen atoms in total. The van der Waals surface area contributed by atoms with Crippen LogP contribution >= 0.6 is 11.6 Å². The zero-order valence-corrected chi connectivity index (χ0v) is 16.8. The average Bonchev–Trinajstić information content (AvgIpc) is 2.78. The molecule has 9 heteroatoms. The van der Waals surface area contributed by atoms with Crippen LogP contribution in [0.5, 0.6) is 6.01 Å². The molecule has 1 heterocycles. The molecule has 0 aliphatic carbocycles. The number of carbonyl (C=O) groups excluding carboxylic acids is 2. The maximum absolute atomic E-state index is 12.1. The Hall–Kier alpha value is -3.65. The molecule has 0 saturated carbocycles. The zero-order valence-electron chi connectivity index (χ0n) is 16.1. The molecule has 2 amide bonds. The second-order valence-electron chi connectivity index (χ2n) is 6.17. The van der Waals surface area contributed by atoms with Crippen molar-refractivity contribution >= 4 is 29.3 Å². The number of amides is 2. The zero-order chi connectivity index (χ0) is 21.3. The molecule has 0 radical (unpaired) electrons. The summed E-state index contributed by atoms with van der Waals surface area (Å²) < 4.78 is 10.0. The van der Waals surface area contributed by atoms with Gasteiger partial charge in [-0.05, 0) is 35.4 Å². The molecule has 0 aliphatic rings. The Morgan fingerprint density at radius 2 is 1.60 bits per heavy atom.